The standard InChI is InChI=1S/C7H9N.C7H8.C6H6.C2H6.CH4S/c1-8-7-5-3-2-4-6-7;1-7-5-3-2-4-6-7;1-2-4-6-5-3-1;2*1-2/h2-6,8H,1H3;2-6H,1H3;1-6H;1-2H3;2H,1H3. The molecule has 25 heavy (non-hydrogen) atoms. The molecule has 0 heterocycles. The molecule has 136 valence electrons. The van der Waals surface area contributed by atoms with E-state index in [2.05, 4.69) is 37.0 Å². The molecule has 0 amide bonds. The SMILES string of the molecule is CC.CNc1ccccc1.CS.Cc1ccccc1.c1ccccc1. The van der Waals surface area contributed by atoms with Crippen molar-refractivity contribution in [3.05, 3.63) is 103 Å². The van der Waals surface area contributed by atoms with Crippen molar-refractivity contribution in [3.8, 4) is 0 Å². The first kappa shape index (κ1) is 25.1. The van der Waals surface area contributed by atoms with Crippen LogP contribution in [0.5, 0.6) is 0 Å². The number of rotatable bonds is 1. The number of thiol groups is 1. The monoisotopic (exact) mass is 355 g/mol. The number of benzene rings is 3. The zero-order chi connectivity index (χ0) is 19.2. The first-order valence-corrected chi connectivity index (χ1v) is 9.41. The quantitative estimate of drug-likeness (QED) is 0.449. The van der Waals surface area contributed by atoms with Gasteiger partial charge in [-0.05, 0) is 25.3 Å². The molecule has 2 heteroatoms. The van der Waals surface area contributed by atoms with Gasteiger partial charge < -0.3 is 5.32 Å². The molecule has 0 radical (unpaired) electrons. The van der Waals surface area contributed by atoms with E-state index in [9.17, 15) is 0 Å². The normalized spacial score (nSPS) is 7.60. The first-order chi connectivity index (χ1) is 12.3. The second kappa shape index (κ2) is 21.8. The van der Waals surface area contributed by atoms with Crippen LogP contribution in [0.3, 0.4) is 0 Å². The molecule has 0 atom stereocenters. The molecule has 0 unspecified atom stereocenters. The fraction of sp³-hybridized carbons (Fsp3) is 0.217. The summed E-state index contributed by atoms with van der Waals surface area (Å²) in [5, 5.41) is 3.03. The molecule has 3 aromatic rings. The predicted molar refractivity (Wildman–Crippen MR) is 120 cm³/mol. The number of hydrogen-bond donors (Lipinski definition) is 2. The maximum atomic E-state index is 3.53. The van der Waals surface area contributed by atoms with Gasteiger partial charge in [0.25, 0.3) is 0 Å². The Morgan fingerprint density at radius 1 is 0.560 bits per heavy atom. The van der Waals surface area contributed by atoms with Crippen LogP contribution in [0.15, 0.2) is 97.1 Å². The average molecular weight is 356 g/mol. The van der Waals surface area contributed by atoms with Gasteiger partial charge in [0.1, 0.15) is 0 Å². The van der Waals surface area contributed by atoms with E-state index in [0.29, 0.717) is 0 Å². The van der Waals surface area contributed by atoms with Gasteiger partial charge in [-0.15, -0.1) is 0 Å². The lowest BCUT2D eigenvalue weighted by Gasteiger charge is -1.94. The summed E-state index contributed by atoms with van der Waals surface area (Å²) in [5.74, 6) is 0. The van der Waals surface area contributed by atoms with Crippen molar-refractivity contribution in [2.24, 2.45) is 0 Å². The Labute approximate surface area is 160 Å². The largest absolute Gasteiger partial charge is 0.388 e. The smallest absolute Gasteiger partial charge is 0.0337 e. The number of aryl methyl sites for hydroxylation is 1. The molecule has 0 spiro atoms. The minimum atomic E-state index is 1.16. The van der Waals surface area contributed by atoms with E-state index < -0.39 is 0 Å². The number of anilines is 1. The van der Waals surface area contributed by atoms with Crippen LogP contribution in [0.4, 0.5) is 5.69 Å². The molecular formula is C23H33NS. The maximum Gasteiger partial charge on any atom is 0.0337 e. The molecule has 3 rings (SSSR count). The van der Waals surface area contributed by atoms with Crippen molar-refractivity contribution in [3.63, 3.8) is 0 Å². The highest BCUT2D eigenvalue weighted by molar-refractivity contribution is 7.79. The Hall–Kier alpha value is -2.19. The summed E-state index contributed by atoms with van der Waals surface area (Å²) in [6.07, 6.45) is 1.69. The van der Waals surface area contributed by atoms with Gasteiger partial charge in [-0.2, -0.15) is 12.6 Å². The fourth-order valence-corrected chi connectivity index (χ4v) is 1.52. The van der Waals surface area contributed by atoms with Crippen molar-refractivity contribution in [1.82, 2.24) is 0 Å². The third-order valence-electron chi connectivity index (χ3n) is 2.67. The van der Waals surface area contributed by atoms with E-state index in [0.717, 1.165) is 5.69 Å². The van der Waals surface area contributed by atoms with Gasteiger partial charge in [-0.25, -0.2) is 0 Å². The van der Waals surface area contributed by atoms with Crippen LogP contribution in [-0.4, -0.2) is 13.3 Å². The summed E-state index contributed by atoms with van der Waals surface area (Å²) in [4.78, 5) is 0. The van der Waals surface area contributed by atoms with E-state index in [1.807, 2.05) is 106 Å². The summed E-state index contributed by atoms with van der Waals surface area (Å²) in [6.45, 7) is 6.08. The molecule has 1 nitrogen and oxygen atoms in total. The molecular weight excluding hydrogens is 322 g/mol. The first-order valence-electron chi connectivity index (χ1n) is 8.52. The topological polar surface area (TPSA) is 12.0 Å². The van der Waals surface area contributed by atoms with Crippen molar-refractivity contribution in [2.45, 2.75) is 20.8 Å². The lowest BCUT2D eigenvalue weighted by Crippen LogP contribution is -1.84. The Kier molecular flexibility index (Phi) is 21.9. The van der Waals surface area contributed by atoms with Gasteiger partial charge in [0.15, 0.2) is 0 Å². The van der Waals surface area contributed by atoms with Crippen LogP contribution in [0, 0.1) is 6.92 Å². The van der Waals surface area contributed by atoms with Crippen molar-refractivity contribution in [1.29, 1.82) is 0 Å². The highest BCUT2D eigenvalue weighted by Gasteiger charge is 1.77. The minimum absolute atomic E-state index is 1.16. The average Bonchev–Trinajstić information content (AvgIpc) is 2.74. The summed E-state index contributed by atoms with van der Waals surface area (Å²) in [5.41, 5.74) is 2.48. The van der Waals surface area contributed by atoms with Gasteiger partial charge in [0.05, 0.1) is 0 Å². The van der Waals surface area contributed by atoms with Crippen molar-refractivity contribution < 1.29 is 0 Å². The summed E-state index contributed by atoms with van der Waals surface area (Å²) in [7, 11) is 1.91. The number of nitrogens with one attached hydrogen (secondary N) is 1. The lowest BCUT2D eigenvalue weighted by atomic mass is 10.2. The zero-order valence-corrected chi connectivity index (χ0v) is 17.1. The molecule has 0 aliphatic heterocycles. The van der Waals surface area contributed by atoms with Crippen LogP contribution >= 0.6 is 12.6 Å². The molecule has 0 saturated heterocycles. The highest BCUT2D eigenvalue weighted by atomic mass is 32.1. The zero-order valence-electron chi connectivity index (χ0n) is 16.2. The van der Waals surface area contributed by atoms with Crippen LogP contribution in [0.25, 0.3) is 0 Å². The van der Waals surface area contributed by atoms with E-state index in [1.165, 1.54) is 5.56 Å². The van der Waals surface area contributed by atoms with Crippen LogP contribution in [-0.2, 0) is 0 Å². The predicted octanol–water partition coefficient (Wildman–Crippen LogP) is 6.98. The number of hydrogen-bond acceptors (Lipinski definition) is 2. The van der Waals surface area contributed by atoms with Gasteiger partial charge in [0.2, 0.25) is 0 Å². The lowest BCUT2D eigenvalue weighted by molar-refractivity contribution is 1.48. The van der Waals surface area contributed by atoms with Crippen molar-refractivity contribution >= 4 is 18.3 Å². The summed E-state index contributed by atoms with van der Waals surface area (Å²) >= 11 is 3.53. The Bertz CT molecular complexity index is 527. The van der Waals surface area contributed by atoms with Crippen LogP contribution in [0.1, 0.15) is 19.4 Å². The Morgan fingerprint density at radius 3 is 1.04 bits per heavy atom. The molecule has 0 aromatic heterocycles. The van der Waals surface area contributed by atoms with Crippen molar-refractivity contribution in [2.75, 3.05) is 18.6 Å². The molecule has 0 saturated carbocycles. The summed E-state index contributed by atoms with van der Waals surface area (Å²) < 4.78 is 0. The highest BCUT2D eigenvalue weighted by Crippen LogP contribution is 2.01. The van der Waals surface area contributed by atoms with E-state index in [4.69, 9.17) is 0 Å². The summed E-state index contributed by atoms with van der Waals surface area (Å²) in [6, 6.07) is 32.3. The van der Waals surface area contributed by atoms with Gasteiger partial charge in [-0.3, -0.25) is 0 Å². The van der Waals surface area contributed by atoms with Gasteiger partial charge >= 0.3 is 0 Å². The fourth-order valence-electron chi connectivity index (χ4n) is 1.52. The molecule has 0 fully saturated rings. The molecule has 1 N–H and O–H groups in total. The second-order valence-corrected chi connectivity index (χ2v) is 4.43. The van der Waals surface area contributed by atoms with Gasteiger partial charge in [0, 0.05) is 12.7 Å². The molecule has 0 aliphatic carbocycles. The molecule has 0 bridgehead atoms. The molecule has 3 aromatic carbocycles. The molecule has 0 aliphatic rings. The van der Waals surface area contributed by atoms with Crippen LogP contribution < -0.4 is 5.32 Å². The van der Waals surface area contributed by atoms with Crippen LogP contribution in [0.2, 0.25) is 0 Å². The van der Waals surface area contributed by atoms with E-state index in [-0.39, 0.29) is 0 Å². The Morgan fingerprint density at radius 2 is 0.840 bits per heavy atom. The van der Waals surface area contributed by atoms with E-state index in [1.54, 1.807) is 6.26 Å². The van der Waals surface area contributed by atoms with Gasteiger partial charge in [-0.1, -0.05) is 104 Å². The third-order valence-corrected chi connectivity index (χ3v) is 2.67. The van der Waals surface area contributed by atoms with E-state index >= 15 is 0 Å². The number of para-hydroxylation sites is 1. The second-order valence-electron chi connectivity index (χ2n) is 4.43. The minimum Gasteiger partial charge on any atom is -0.388 e. The third kappa shape index (κ3) is 18.0. The Balaban J connectivity index is 0. The maximum absolute atomic E-state index is 3.53.